The fourth-order valence-corrected chi connectivity index (χ4v) is 2.00. The Balaban J connectivity index is 2.01. The molecule has 0 amide bonds. The molecule has 0 fully saturated rings. The van der Waals surface area contributed by atoms with Crippen LogP contribution >= 0.6 is 28.1 Å². The Labute approximate surface area is 118 Å². The van der Waals surface area contributed by atoms with Gasteiger partial charge in [-0.15, -0.1) is 0 Å². The average molecular weight is 325 g/mol. The van der Waals surface area contributed by atoms with E-state index in [1.54, 1.807) is 12.1 Å². The van der Waals surface area contributed by atoms with Crippen molar-refractivity contribution in [3.63, 3.8) is 0 Å². The van der Waals surface area contributed by atoms with Gasteiger partial charge in [0.2, 0.25) is 0 Å². The zero-order valence-corrected chi connectivity index (χ0v) is 11.7. The number of thiocarbonyl (C=S) groups is 1. The second kappa shape index (κ2) is 5.93. The molecule has 0 spiro atoms. The van der Waals surface area contributed by atoms with E-state index in [1.165, 1.54) is 6.07 Å². The number of benzene rings is 2. The van der Waals surface area contributed by atoms with Gasteiger partial charge < -0.3 is 10.6 Å². The summed E-state index contributed by atoms with van der Waals surface area (Å²) in [4.78, 5) is 0. The number of rotatable bonds is 2. The molecule has 2 rings (SSSR count). The third-order valence-corrected chi connectivity index (χ3v) is 3.02. The fraction of sp³-hybridized carbons (Fsp3) is 0. The minimum Gasteiger partial charge on any atom is -0.332 e. The highest BCUT2D eigenvalue weighted by atomic mass is 79.9. The van der Waals surface area contributed by atoms with E-state index in [2.05, 4.69) is 26.6 Å². The molecule has 0 bridgehead atoms. The molecule has 0 unspecified atom stereocenters. The van der Waals surface area contributed by atoms with Gasteiger partial charge in [0, 0.05) is 11.4 Å². The third kappa shape index (κ3) is 3.51. The molecule has 92 valence electrons. The van der Waals surface area contributed by atoms with Gasteiger partial charge in [-0.1, -0.05) is 18.2 Å². The first kappa shape index (κ1) is 13.0. The van der Waals surface area contributed by atoms with Gasteiger partial charge in [-0.05, 0) is 58.5 Å². The van der Waals surface area contributed by atoms with Crippen LogP contribution in [0.5, 0.6) is 0 Å². The molecule has 0 heterocycles. The van der Waals surface area contributed by atoms with Gasteiger partial charge in [-0.3, -0.25) is 0 Å². The smallest absolute Gasteiger partial charge is 0.175 e. The molecular weight excluding hydrogens is 315 g/mol. The highest BCUT2D eigenvalue weighted by Crippen LogP contribution is 2.20. The van der Waals surface area contributed by atoms with Crippen LogP contribution in [0.3, 0.4) is 0 Å². The molecule has 2 aromatic rings. The Bertz CT molecular complexity index is 560. The molecule has 2 nitrogen and oxygen atoms in total. The molecule has 0 saturated carbocycles. The second-order valence-corrected chi connectivity index (χ2v) is 4.84. The van der Waals surface area contributed by atoms with E-state index in [9.17, 15) is 4.39 Å². The van der Waals surface area contributed by atoms with Gasteiger partial charge in [0.25, 0.3) is 0 Å². The summed E-state index contributed by atoms with van der Waals surface area (Å²) in [5.74, 6) is -0.303. The van der Waals surface area contributed by atoms with Crippen LogP contribution in [0, 0.1) is 5.82 Å². The number of nitrogens with one attached hydrogen (secondary N) is 2. The summed E-state index contributed by atoms with van der Waals surface area (Å²) in [5.41, 5.74) is 1.62. The van der Waals surface area contributed by atoms with Crippen molar-refractivity contribution in [3.05, 3.63) is 58.8 Å². The molecule has 0 radical (unpaired) electrons. The van der Waals surface area contributed by atoms with Crippen molar-refractivity contribution >= 4 is 44.6 Å². The summed E-state index contributed by atoms with van der Waals surface area (Å²) in [6, 6.07) is 14.2. The van der Waals surface area contributed by atoms with Gasteiger partial charge in [-0.2, -0.15) is 0 Å². The lowest BCUT2D eigenvalue weighted by Crippen LogP contribution is -2.18. The van der Waals surface area contributed by atoms with E-state index in [4.69, 9.17) is 12.2 Å². The predicted octanol–water partition coefficient (Wildman–Crippen LogP) is 4.40. The summed E-state index contributed by atoms with van der Waals surface area (Å²) >= 11 is 8.29. The van der Waals surface area contributed by atoms with E-state index in [0.717, 1.165) is 11.4 Å². The molecule has 2 N–H and O–H groups in total. The van der Waals surface area contributed by atoms with Crippen LogP contribution in [0.15, 0.2) is 53.0 Å². The van der Waals surface area contributed by atoms with Crippen molar-refractivity contribution in [2.24, 2.45) is 0 Å². The zero-order valence-electron chi connectivity index (χ0n) is 9.28. The first-order chi connectivity index (χ1) is 8.65. The molecule has 5 heteroatoms. The Hall–Kier alpha value is -1.46. The van der Waals surface area contributed by atoms with Crippen molar-refractivity contribution < 1.29 is 4.39 Å². The molecule has 0 aromatic heterocycles. The quantitative estimate of drug-likeness (QED) is 0.801. The molecule has 0 aliphatic carbocycles. The standard InChI is InChI=1S/C13H10BrFN2S/c14-11-8-10(6-7-12(11)15)17-13(18)16-9-4-2-1-3-5-9/h1-8H,(H2,16,17,18). The van der Waals surface area contributed by atoms with Gasteiger partial charge in [0.15, 0.2) is 5.11 Å². The Morgan fingerprint density at radius 2 is 1.67 bits per heavy atom. The van der Waals surface area contributed by atoms with E-state index < -0.39 is 0 Å². The highest BCUT2D eigenvalue weighted by Gasteiger charge is 2.02. The van der Waals surface area contributed by atoms with Crippen LogP contribution in [0.1, 0.15) is 0 Å². The largest absolute Gasteiger partial charge is 0.332 e. The van der Waals surface area contributed by atoms with E-state index in [1.807, 2.05) is 30.3 Å². The molecule has 0 atom stereocenters. The topological polar surface area (TPSA) is 24.1 Å². The van der Waals surface area contributed by atoms with E-state index >= 15 is 0 Å². The number of hydrogen-bond acceptors (Lipinski definition) is 1. The lowest BCUT2D eigenvalue weighted by molar-refractivity contribution is 0.621. The van der Waals surface area contributed by atoms with Crippen LogP contribution in [-0.2, 0) is 0 Å². The van der Waals surface area contributed by atoms with Crippen LogP contribution in [-0.4, -0.2) is 5.11 Å². The van der Waals surface area contributed by atoms with Crippen molar-refractivity contribution in [1.82, 2.24) is 0 Å². The Kier molecular flexibility index (Phi) is 4.28. The lowest BCUT2D eigenvalue weighted by atomic mass is 10.3. The van der Waals surface area contributed by atoms with Gasteiger partial charge >= 0.3 is 0 Å². The van der Waals surface area contributed by atoms with E-state index in [0.29, 0.717) is 9.59 Å². The normalized spacial score (nSPS) is 9.89. The first-order valence-corrected chi connectivity index (χ1v) is 6.43. The van der Waals surface area contributed by atoms with E-state index in [-0.39, 0.29) is 5.82 Å². The Morgan fingerprint density at radius 1 is 1.00 bits per heavy atom. The third-order valence-electron chi connectivity index (χ3n) is 2.21. The molecule has 2 aromatic carbocycles. The van der Waals surface area contributed by atoms with Gasteiger partial charge in [0.1, 0.15) is 5.82 Å². The zero-order chi connectivity index (χ0) is 13.0. The number of halogens is 2. The predicted molar refractivity (Wildman–Crippen MR) is 80.4 cm³/mol. The van der Waals surface area contributed by atoms with Crippen molar-refractivity contribution in [3.8, 4) is 0 Å². The number of para-hydroxylation sites is 1. The molecule has 0 aliphatic heterocycles. The lowest BCUT2D eigenvalue weighted by Gasteiger charge is -2.10. The molecule has 0 saturated heterocycles. The molecule has 18 heavy (non-hydrogen) atoms. The molecular formula is C13H10BrFN2S. The summed E-state index contributed by atoms with van der Waals surface area (Å²) < 4.78 is 13.5. The van der Waals surface area contributed by atoms with Crippen LogP contribution in [0.25, 0.3) is 0 Å². The Morgan fingerprint density at radius 3 is 2.33 bits per heavy atom. The minimum atomic E-state index is -0.303. The number of anilines is 2. The average Bonchev–Trinajstić information content (AvgIpc) is 2.35. The number of hydrogen-bond donors (Lipinski definition) is 2. The first-order valence-electron chi connectivity index (χ1n) is 5.23. The maximum atomic E-state index is 13.1. The fourth-order valence-electron chi connectivity index (χ4n) is 1.39. The van der Waals surface area contributed by atoms with Crippen molar-refractivity contribution in [1.29, 1.82) is 0 Å². The summed E-state index contributed by atoms with van der Waals surface area (Å²) in [6.07, 6.45) is 0. The van der Waals surface area contributed by atoms with Crippen LogP contribution in [0.4, 0.5) is 15.8 Å². The maximum Gasteiger partial charge on any atom is 0.175 e. The van der Waals surface area contributed by atoms with Crippen molar-refractivity contribution in [2.75, 3.05) is 10.6 Å². The summed E-state index contributed by atoms with van der Waals surface area (Å²) in [5, 5.41) is 6.48. The van der Waals surface area contributed by atoms with Crippen molar-refractivity contribution in [2.45, 2.75) is 0 Å². The second-order valence-electron chi connectivity index (χ2n) is 3.57. The monoisotopic (exact) mass is 324 g/mol. The van der Waals surface area contributed by atoms with Crippen LogP contribution < -0.4 is 10.6 Å². The summed E-state index contributed by atoms with van der Waals surface area (Å²) in [7, 11) is 0. The minimum absolute atomic E-state index is 0.303. The SMILES string of the molecule is Fc1ccc(NC(=S)Nc2ccccc2)cc1Br. The highest BCUT2D eigenvalue weighted by molar-refractivity contribution is 9.10. The maximum absolute atomic E-state index is 13.1. The van der Waals surface area contributed by atoms with Gasteiger partial charge in [0.05, 0.1) is 4.47 Å². The summed E-state index contributed by atoms with van der Waals surface area (Å²) in [6.45, 7) is 0. The molecule has 0 aliphatic rings. The van der Waals surface area contributed by atoms with Gasteiger partial charge in [-0.25, -0.2) is 4.39 Å². The van der Waals surface area contributed by atoms with Crippen LogP contribution in [0.2, 0.25) is 0 Å².